The minimum atomic E-state index is -0.153. The van der Waals surface area contributed by atoms with E-state index < -0.39 is 0 Å². The zero-order valence-electron chi connectivity index (χ0n) is 13.1. The van der Waals surface area contributed by atoms with E-state index in [9.17, 15) is 9.59 Å². The quantitative estimate of drug-likeness (QED) is 0.837. The smallest absolute Gasteiger partial charge is 0.274 e. The molecular weight excluding hydrogens is 328 g/mol. The number of nitrogens with zero attached hydrogens (tertiary/aromatic N) is 4. The molecule has 0 bridgehead atoms. The highest BCUT2D eigenvalue weighted by Crippen LogP contribution is 2.15. The summed E-state index contributed by atoms with van der Waals surface area (Å²) < 4.78 is 0. The van der Waals surface area contributed by atoms with Gasteiger partial charge in [0.2, 0.25) is 0 Å². The van der Waals surface area contributed by atoms with Gasteiger partial charge in [0.25, 0.3) is 11.8 Å². The van der Waals surface area contributed by atoms with Crippen molar-refractivity contribution in [3.63, 3.8) is 0 Å². The fourth-order valence-electron chi connectivity index (χ4n) is 2.70. The first kappa shape index (κ1) is 16.4. The van der Waals surface area contributed by atoms with Crippen LogP contribution in [0.3, 0.4) is 0 Å². The third-order valence-corrected chi connectivity index (χ3v) is 4.16. The van der Waals surface area contributed by atoms with Crippen LogP contribution in [0.15, 0.2) is 42.9 Å². The molecule has 2 amide bonds. The number of amides is 2. The van der Waals surface area contributed by atoms with Crippen molar-refractivity contribution >= 4 is 23.4 Å². The van der Waals surface area contributed by atoms with Crippen molar-refractivity contribution < 1.29 is 9.59 Å². The standard InChI is InChI=1S/C17H17ClN4O2/c18-14-4-1-3-13(11-14)16(23)21-7-2-8-22(10-9-21)17(24)15-12-19-5-6-20-15/h1,3-6,11-12H,2,7-10H2. The lowest BCUT2D eigenvalue weighted by Crippen LogP contribution is -2.37. The van der Waals surface area contributed by atoms with Crippen molar-refractivity contribution in [2.24, 2.45) is 0 Å². The first-order valence-electron chi connectivity index (χ1n) is 7.75. The molecule has 0 N–H and O–H groups in total. The lowest BCUT2D eigenvalue weighted by molar-refractivity contribution is 0.0715. The normalized spacial score (nSPS) is 15.0. The van der Waals surface area contributed by atoms with Crippen molar-refractivity contribution in [1.29, 1.82) is 0 Å². The van der Waals surface area contributed by atoms with Gasteiger partial charge in [0.1, 0.15) is 5.69 Å². The molecule has 24 heavy (non-hydrogen) atoms. The molecule has 1 fully saturated rings. The number of hydrogen-bond acceptors (Lipinski definition) is 4. The molecule has 0 atom stereocenters. The topological polar surface area (TPSA) is 66.4 Å². The van der Waals surface area contributed by atoms with E-state index in [1.807, 2.05) is 0 Å². The summed E-state index contributed by atoms with van der Waals surface area (Å²) in [4.78, 5) is 36.5. The average molecular weight is 345 g/mol. The lowest BCUT2D eigenvalue weighted by atomic mass is 10.2. The van der Waals surface area contributed by atoms with Gasteiger partial charge in [0, 0.05) is 49.2 Å². The van der Waals surface area contributed by atoms with Crippen LogP contribution in [0.1, 0.15) is 27.3 Å². The Balaban J connectivity index is 1.67. The zero-order chi connectivity index (χ0) is 16.9. The average Bonchev–Trinajstić information content (AvgIpc) is 2.87. The Hall–Kier alpha value is -2.47. The second-order valence-electron chi connectivity index (χ2n) is 5.54. The van der Waals surface area contributed by atoms with Crippen LogP contribution >= 0.6 is 11.6 Å². The fraction of sp³-hybridized carbons (Fsp3) is 0.294. The fourth-order valence-corrected chi connectivity index (χ4v) is 2.89. The third kappa shape index (κ3) is 3.71. The SMILES string of the molecule is O=C(c1cccc(Cl)c1)N1CCCN(C(=O)c2cnccn2)CC1. The molecule has 0 aliphatic carbocycles. The maximum absolute atomic E-state index is 12.6. The van der Waals surface area contributed by atoms with E-state index in [0.29, 0.717) is 42.5 Å². The summed E-state index contributed by atoms with van der Waals surface area (Å²) in [6, 6.07) is 6.91. The Morgan fingerprint density at radius 1 is 1.00 bits per heavy atom. The molecule has 0 radical (unpaired) electrons. The summed E-state index contributed by atoms with van der Waals surface area (Å²) in [5.74, 6) is -0.216. The molecular formula is C17H17ClN4O2. The van der Waals surface area contributed by atoms with Crippen molar-refractivity contribution in [3.8, 4) is 0 Å². The van der Waals surface area contributed by atoms with Crippen LogP contribution in [0, 0.1) is 0 Å². The first-order valence-corrected chi connectivity index (χ1v) is 8.13. The molecule has 0 unspecified atom stereocenters. The first-order chi connectivity index (χ1) is 11.6. The van der Waals surface area contributed by atoms with Crippen molar-refractivity contribution in [1.82, 2.24) is 19.8 Å². The van der Waals surface area contributed by atoms with Crippen LogP contribution < -0.4 is 0 Å². The van der Waals surface area contributed by atoms with Gasteiger partial charge >= 0.3 is 0 Å². The van der Waals surface area contributed by atoms with Gasteiger partial charge in [-0.2, -0.15) is 0 Å². The van der Waals surface area contributed by atoms with Crippen molar-refractivity contribution in [2.45, 2.75) is 6.42 Å². The number of aromatic nitrogens is 2. The predicted molar refractivity (Wildman–Crippen MR) is 89.9 cm³/mol. The van der Waals surface area contributed by atoms with Crippen LogP contribution in [-0.4, -0.2) is 57.8 Å². The molecule has 3 rings (SSSR count). The van der Waals surface area contributed by atoms with Gasteiger partial charge in [-0.05, 0) is 24.6 Å². The molecule has 0 saturated carbocycles. The predicted octanol–water partition coefficient (Wildman–Crippen LogP) is 2.12. The molecule has 2 aromatic rings. The number of carbonyl (C=O) groups is 2. The van der Waals surface area contributed by atoms with E-state index >= 15 is 0 Å². The second-order valence-corrected chi connectivity index (χ2v) is 5.98. The largest absolute Gasteiger partial charge is 0.337 e. The molecule has 1 aliphatic heterocycles. The summed E-state index contributed by atoms with van der Waals surface area (Å²) in [5, 5.41) is 0.537. The number of carbonyl (C=O) groups excluding carboxylic acids is 2. The van der Waals surface area contributed by atoms with Crippen LogP contribution in [0.2, 0.25) is 5.02 Å². The van der Waals surface area contributed by atoms with E-state index in [2.05, 4.69) is 9.97 Å². The summed E-state index contributed by atoms with van der Waals surface area (Å²) >= 11 is 5.96. The van der Waals surface area contributed by atoms with E-state index in [1.165, 1.54) is 18.6 Å². The second kappa shape index (κ2) is 7.40. The Morgan fingerprint density at radius 3 is 2.42 bits per heavy atom. The summed E-state index contributed by atoms with van der Waals surface area (Å²) in [6.45, 7) is 2.16. The molecule has 1 aliphatic rings. The maximum atomic E-state index is 12.6. The molecule has 0 spiro atoms. The monoisotopic (exact) mass is 344 g/mol. The minimum absolute atomic E-state index is 0.0636. The van der Waals surface area contributed by atoms with Gasteiger partial charge in [0.05, 0.1) is 6.20 Å². The molecule has 1 saturated heterocycles. The highest BCUT2D eigenvalue weighted by molar-refractivity contribution is 6.30. The van der Waals surface area contributed by atoms with E-state index in [-0.39, 0.29) is 11.8 Å². The minimum Gasteiger partial charge on any atom is -0.337 e. The molecule has 2 heterocycles. The van der Waals surface area contributed by atoms with Crippen LogP contribution in [0.5, 0.6) is 0 Å². The van der Waals surface area contributed by atoms with Gasteiger partial charge < -0.3 is 9.80 Å². The Bertz CT molecular complexity index is 738. The molecule has 7 heteroatoms. The Labute approximate surface area is 145 Å². The van der Waals surface area contributed by atoms with Gasteiger partial charge in [-0.1, -0.05) is 17.7 Å². The van der Waals surface area contributed by atoms with Gasteiger partial charge in [0.15, 0.2) is 0 Å². The van der Waals surface area contributed by atoms with E-state index in [4.69, 9.17) is 11.6 Å². The van der Waals surface area contributed by atoms with Gasteiger partial charge in [-0.15, -0.1) is 0 Å². The number of halogens is 1. The van der Waals surface area contributed by atoms with E-state index in [1.54, 1.807) is 34.1 Å². The van der Waals surface area contributed by atoms with Crippen molar-refractivity contribution in [2.75, 3.05) is 26.2 Å². The third-order valence-electron chi connectivity index (χ3n) is 3.92. The van der Waals surface area contributed by atoms with Crippen LogP contribution in [0.4, 0.5) is 0 Å². The van der Waals surface area contributed by atoms with E-state index in [0.717, 1.165) is 6.42 Å². The molecule has 124 valence electrons. The van der Waals surface area contributed by atoms with Crippen LogP contribution in [-0.2, 0) is 0 Å². The van der Waals surface area contributed by atoms with Gasteiger partial charge in [-0.3, -0.25) is 14.6 Å². The van der Waals surface area contributed by atoms with Crippen LogP contribution in [0.25, 0.3) is 0 Å². The molecule has 1 aromatic carbocycles. The number of hydrogen-bond donors (Lipinski definition) is 0. The highest BCUT2D eigenvalue weighted by Gasteiger charge is 2.24. The zero-order valence-corrected chi connectivity index (χ0v) is 13.8. The summed E-state index contributed by atoms with van der Waals surface area (Å²) in [5.41, 5.74) is 0.892. The Morgan fingerprint density at radius 2 is 1.75 bits per heavy atom. The van der Waals surface area contributed by atoms with Crippen molar-refractivity contribution in [3.05, 3.63) is 59.1 Å². The Kier molecular flexibility index (Phi) is 5.05. The maximum Gasteiger partial charge on any atom is 0.274 e. The molecule has 6 nitrogen and oxygen atoms in total. The highest BCUT2D eigenvalue weighted by atomic mass is 35.5. The van der Waals surface area contributed by atoms with Gasteiger partial charge in [-0.25, -0.2) is 4.98 Å². The summed E-state index contributed by atoms with van der Waals surface area (Å²) in [6.07, 6.45) is 5.21. The lowest BCUT2D eigenvalue weighted by Gasteiger charge is -2.22. The summed E-state index contributed by atoms with van der Waals surface area (Å²) in [7, 11) is 0. The number of benzene rings is 1. The molecule has 1 aromatic heterocycles. The number of rotatable bonds is 2.